The molecule has 2 heterocycles. The molecule has 0 radical (unpaired) electrons. The second kappa shape index (κ2) is 8.04. The van der Waals surface area contributed by atoms with E-state index in [1.54, 1.807) is 49.4 Å². The first-order chi connectivity index (χ1) is 14.3. The highest BCUT2D eigenvalue weighted by Gasteiger charge is 2.18. The summed E-state index contributed by atoms with van der Waals surface area (Å²) in [5, 5.41) is 4.38. The summed E-state index contributed by atoms with van der Waals surface area (Å²) in [6, 6.07) is 14.0. The Labute approximate surface area is 179 Å². The van der Waals surface area contributed by atoms with Crippen LogP contribution in [0.3, 0.4) is 0 Å². The summed E-state index contributed by atoms with van der Waals surface area (Å²) in [7, 11) is -3.31. The quantitative estimate of drug-likeness (QED) is 0.482. The number of nitrogens with one attached hydrogen (secondary N) is 1. The van der Waals surface area contributed by atoms with Crippen LogP contribution in [0.4, 0.5) is 5.69 Å². The Balaban J connectivity index is 1.40. The van der Waals surface area contributed by atoms with Gasteiger partial charge in [0.2, 0.25) is 5.91 Å². The number of anilines is 1. The Morgan fingerprint density at radius 3 is 2.43 bits per heavy atom. The van der Waals surface area contributed by atoms with E-state index in [-0.39, 0.29) is 17.2 Å². The number of carbonyl (C=O) groups excluding carboxylic acids is 1. The zero-order valence-electron chi connectivity index (χ0n) is 16.6. The minimum Gasteiger partial charge on any atom is -0.326 e. The Bertz CT molecular complexity index is 1260. The Kier molecular flexibility index (Phi) is 5.44. The van der Waals surface area contributed by atoms with Gasteiger partial charge in [-0.05, 0) is 43.7 Å². The van der Waals surface area contributed by atoms with Crippen LogP contribution in [-0.2, 0) is 21.1 Å². The number of nitrogens with zero attached hydrogens (tertiary/aromatic N) is 2. The van der Waals surface area contributed by atoms with Crippen molar-refractivity contribution in [3.63, 3.8) is 0 Å². The summed E-state index contributed by atoms with van der Waals surface area (Å²) < 4.78 is 26.4. The average Bonchev–Trinajstić information content (AvgIpc) is 3.31. The molecule has 0 aliphatic carbocycles. The maximum atomic E-state index is 12.4. The fraction of sp³-hybridized carbons (Fsp3) is 0.182. The Morgan fingerprint density at radius 1 is 1.10 bits per heavy atom. The molecule has 2 aromatic carbocycles. The van der Waals surface area contributed by atoms with Crippen molar-refractivity contribution in [2.75, 3.05) is 5.32 Å². The highest BCUT2D eigenvalue weighted by atomic mass is 32.2. The molecule has 30 heavy (non-hydrogen) atoms. The van der Waals surface area contributed by atoms with E-state index in [0.717, 1.165) is 21.8 Å². The van der Waals surface area contributed by atoms with Crippen LogP contribution in [0.5, 0.6) is 0 Å². The lowest BCUT2D eigenvalue weighted by Gasteiger charge is -2.09. The minimum atomic E-state index is -3.31. The average molecular weight is 440 g/mol. The number of fused-ring (bicyclic) bond motifs is 1. The van der Waals surface area contributed by atoms with Crippen LogP contribution in [0.15, 0.2) is 71.2 Å². The van der Waals surface area contributed by atoms with E-state index in [4.69, 9.17) is 0 Å². The number of amides is 1. The van der Waals surface area contributed by atoms with Crippen molar-refractivity contribution < 1.29 is 13.2 Å². The number of hydrogen-bond acceptors (Lipinski definition) is 5. The van der Waals surface area contributed by atoms with Crippen LogP contribution >= 0.6 is 11.3 Å². The number of carbonyl (C=O) groups is 1. The lowest BCUT2D eigenvalue weighted by Crippen LogP contribution is -2.15. The molecule has 4 rings (SSSR count). The third-order valence-corrected chi connectivity index (χ3v) is 7.74. The van der Waals surface area contributed by atoms with Crippen molar-refractivity contribution in [2.24, 2.45) is 0 Å². The molecule has 0 spiro atoms. The first-order valence-electron chi connectivity index (χ1n) is 9.48. The van der Waals surface area contributed by atoms with Crippen molar-refractivity contribution in [1.82, 2.24) is 9.38 Å². The molecule has 0 saturated carbocycles. The van der Waals surface area contributed by atoms with E-state index in [1.165, 1.54) is 0 Å². The molecule has 6 nitrogen and oxygen atoms in total. The molecule has 1 amide bonds. The van der Waals surface area contributed by atoms with E-state index < -0.39 is 15.1 Å². The molecule has 0 aliphatic rings. The fourth-order valence-electron chi connectivity index (χ4n) is 3.05. The molecule has 0 atom stereocenters. The van der Waals surface area contributed by atoms with E-state index in [1.807, 2.05) is 46.4 Å². The molecular weight excluding hydrogens is 418 g/mol. The first-order valence-corrected chi connectivity index (χ1v) is 11.9. The highest BCUT2D eigenvalue weighted by molar-refractivity contribution is 7.92. The van der Waals surface area contributed by atoms with Crippen molar-refractivity contribution in [1.29, 1.82) is 0 Å². The van der Waals surface area contributed by atoms with Crippen LogP contribution in [0.2, 0.25) is 0 Å². The van der Waals surface area contributed by atoms with E-state index >= 15 is 0 Å². The minimum absolute atomic E-state index is 0.162. The van der Waals surface area contributed by atoms with Gasteiger partial charge in [-0.2, -0.15) is 0 Å². The molecule has 0 fully saturated rings. The topological polar surface area (TPSA) is 80.5 Å². The lowest BCUT2D eigenvalue weighted by atomic mass is 10.1. The molecule has 2 aromatic heterocycles. The second-order valence-electron chi connectivity index (χ2n) is 7.26. The van der Waals surface area contributed by atoms with Crippen LogP contribution in [0.1, 0.15) is 19.4 Å². The highest BCUT2D eigenvalue weighted by Crippen LogP contribution is 2.23. The van der Waals surface area contributed by atoms with Crippen molar-refractivity contribution in [3.05, 3.63) is 71.9 Å². The van der Waals surface area contributed by atoms with Gasteiger partial charge in [0, 0.05) is 29.0 Å². The van der Waals surface area contributed by atoms with Crippen LogP contribution in [-0.4, -0.2) is 29.0 Å². The van der Waals surface area contributed by atoms with Crippen LogP contribution < -0.4 is 5.32 Å². The Hall–Kier alpha value is -2.97. The van der Waals surface area contributed by atoms with E-state index in [2.05, 4.69) is 10.3 Å². The Morgan fingerprint density at radius 2 is 1.80 bits per heavy atom. The van der Waals surface area contributed by atoms with Gasteiger partial charge in [-0.1, -0.05) is 24.3 Å². The molecule has 0 aliphatic heterocycles. The zero-order valence-corrected chi connectivity index (χ0v) is 18.2. The summed E-state index contributed by atoms with van der Waals surface area (Å²) in [6.07, 6.45) is 4.11. The summed E-state index contributed by atoms with van der Waals surface area (Å²) in [5.74, 6) is -0.162. The summed E-state index contributed by atoms with van der Waals surface area (Å²) >= 11 is 1.58. The van der Waals surface area contributed by atoms with Gasteiger partial charge in [0.25, 0.3) is 0 Å². The molecule has 0 unspecified atom stereocenters. The van der Waals surface area contributed by atoms with Gasteiger partial charge < -0.3 is 5.32 Å². The maximum absolute atomic E-state index is 12.4. The molecule has 0 bridgehead atoms. The largest absolute Gasteiger partial charge is 0.326 e. The maximum Gasteiger partial charge on any atom is 0.228 e. The zero-order chi connectivity index (χ0) is 21.3. The predicted molar refractivity (Wildman–Crippen MR) is 120 cm³/mol. The number of thiazole rings is 1. The van der Waals surface area contributed by atoms with Gasteiger partial charge in [0.1, 0.15) is 0 Å². The second-order valence-corrected chi connectivity index (χ2v) is 10.6. The summed E-state index contributed by atoms with van der Waals surface area (Å²) in [6.45, 7) is 3.30. The summed E-state index contributed by atoms with van der Waals surface area (Å²) in [4.78, 5) is 18.2. The number of imidazole rings is 1. The predicted octanol–water partition coefficient (Wildman–Crippen LogP) is 4.43. The van der Waals surface area contributed by atoms with Gasteiger partial charge in [0.05, 0.1) is 22.3 Å². The van der Waals surface area contributed by atoms with Gasteiger partial charge in [0.15, 0.2) is 14.8 Å². The standard InChI is InChI=1S/C22H21N3O3S2/c1-15(2)30(27,28)19-9-3-16(4-10-19)13-21(26)23-18-7-5-17(6-8-18)20-14-25-11-12-29-22(25)24-20/h3-12,14-15H,13H2,1-2H3,(H,23,26). The van der Waals surface area contributed by atoms with E-state index in [9.17, 15) is 13.2 Å². The fourth-order valence-corrected chi connectivity index (χ4v) is 4.81. The number of aromatic nitrogens is 2. The molecule has 1 N–H and O–H groups in total. The first kappa shape index (κ1) is 20.3. The summed E-state index contributed by atoms with van der Waals surface area (Å²) in [5.41, 5.74) is 3.32. The van der Waals surface area contributed by atoms with E-state index in [0.29, 0.717) is 5.69 Å². The smallest absolute Gasteiger partial charge is 0.228 e. The molecule has 4 aromatic rings. The normalized spacial score (nSPS) is 11.8. The van der Waals surface area contributed by atoms with Crippen molar-refractivity contribution in [2.45, 2.75) is 30.4 Å². The van der Waals surface area contributed by atoms with Crippen LogP contribution in [0.25, 0.3) is 16.2 Å². The van der Waals surface area contributed by atoms with Crippen LogP contribution in [0, 0.1) is 0 Å². The molecular formula is C22H21N3O3S2. The number of hydrogen-bond donors (Lipinski definition) is 1. The van der Waals surface area contributed by atoms with Crippen molar-refractivity contribution in [3.8, 4) is 11.3 Å². The SMILES string of the molecule is CC(C)S(=O)(=O)c1ccc(CC(=O)Nc2ccc(-c3cn4ccsc4n3)cc2)cc1. The lowest BCUT2D eigenvalue weighted by molar-refractivity contribution is -0.115. The number of sulfone groups is 1. The number of benzene rings is 2. The van der Waals surface area contributed by atoms with Gasteiger partial charge >= 0.3 is 0 Å². The van der Waals surface area contributed by atoms with Gasteiger partial charge in [-0.15, -0.1) is 11.3 Å². The molecule has 8 heteroatoms. The van der Waals surface area contributed by atoms with Crippen molar-refractivity contribution >= 4 is 37.7 Å². The number of rotatable bonds is 6. The molecule has 0 saturated heterocycles. The third kappa shape index (κ3) is 4.15. The molecule has 154 valence electrons. The third-order valence-electron chi connectivity index (χ3n) is 4.79. The van der Waals surface area contributed by atoms with Gasteiger partial charge in [-0.3, -0.25) is 9.20 Å². The monoisotopic (exact) mass is 439 g/mol. The van der Waals surface area contributed by atoms with Gasteiger partial charge in [-0.25, -0.2) is 13.4 Å².